The third-order valence-electron chi connectivity index (χ3n) is 2.36. The van der Waals surface area contributed by atoms with Crippen molar-refractivity contribution < 1.29 is 17.9 Å². The molecule has 0 saturated heterocycles. The molecule has 0 atom stereocenters. The fourth-order valence-corrected chi connectivity index (χ4v) is 1.59. The molecule has 1 aromatic rings. The molecule has 2 N–H and O–H groups in total. The Hall–Kier alpha value is -1.19. The van der Waals surface area contributed by atoms with Crippen LogP contribution in [0.25, 0.3) is 0 Å². The number of alkyl halides is 3. The van der Waals surface area contributed by atoms with Gasteiger partial charge in [0.25, 0.3) is 0 Å². The highest BCUT2D eigenvalue weighted by molar-refractivity contribution is 14.0. The van der Waals surface area contributed by atoms with Crippen LogP contribution in [-0.4, -0.2) is 24.9 Å². The quantitative estimate of drug-likeness (QED) is 0.436. The lowest BCUT2D eigenvalue weighted by atomic mass is 10.1. The Morgan fingerprint density at radius 1 is 1.18 bits per heavy atom. The molecule has 0 aromatic heterocycles. The molecule has 8 heteroatoms. The Bertz CT molecular complexity index is 499. The molecular weight excluding hydrogens is 410 g/mol. The van der Waals surface area contributed by atoms with Crippen LogP contribution >= 0.6 is 24.0 Å². The van der Waals surface area contributed by atoms with Gasteiger partial charge < -0.3 is 15.4 Å². The molecule has 1 rings (SSSR count). The van der Waals surface area contributed by atoms with E-state index in [0.717, 1.165) is 0 Å². The van der Waals surface area contributed by atoms with Crippen LogP contribution in [0.4, 0.5) is 13.2 Å². The molecule has 0 heterocycles. The maximum atomic E-state index is 12.3. The zero-order valence-electron chi connectivity index (χ0n) is 12.9. The first-order valence-corrected chi connectivity index (χ1v) is 6.43. The summed E-state index contributed by atoms with van der Waals surface area (Å²) in [4.78, 5) is 4.02. The second kappa shape index (κ2) is 8.44. The lowest BCUT2D eigenvalue weighted by Gasteiger charge is -2.24. The van der Waals surface area contributed by atoms with Crippen LogP contribution in [0.2, 0.25) is 0 Å². The van der Waals surface area contributed by atoms with E-state index in [1.165, 1.54) is 12.1 Å². The molecule has 126 valence electrons. The smallest absolute Gasteiger partial charge is 0.405 e. The molecule has 0 bridgehead atoms. The van der Waals surface area contributed by atoms with Crippen molar-refractivity contribution in [3.8, 4) is 5.75 Å². The molecule has 0 amide bonds. The lowest BCUT2D eigenvalue weighted by molar-refractivity contribution is -0.274. The topological polar surface area (TPSA) is 45.7 Å². The van der Waals surface area contributed by atoms with E-state index in [-0.39, 0.29) is 41.8 Å². The van der Waals surface area contributed by atoms with Crippen molar-refractivity contribution in [1.29, 1.82) is 0 Å². The third kappa shape index (κ3) is 8.30. The van der Waals surface area contributed by atoms with E-state index in [4.69, 9.17) is 0 Å². The first-order chi connectivity index (χ1) is 9.61. The highest BCUT2D eigenvalue weighted by atomic mass is 127. The molecule has 0 aliphatic heterocycles. The van der Waals surface area contributed by atoms with Gasteiger partial charge in [0.05, 0.1) is 0 Å². The summed E-state index contributed by atoms with van der Waals surface area (Å²) in [5.74, 6) is 0.285. The van der Waals surface area contributed by atoms with Crippen molar-refractivity contribution in [2.24, 2.45) is 4.99 Å². The number of rotatable bonds is 3. The van der Waals surface area contributed by atoms with Gasteiger partial charge in [0, 0.05) is 24.7 Å². The number of benzene rings is 1. The van der Waals surface area contributed by atoms with Gasteiger partial charge in [0.2, 0.25) is 0 Å². The van der Waals surface area contributed by atoms with Crippen LogP contribution in [-0.2, 0) is 6.54 Å². The van der Waals surface area contributed by atoms with E-state index in [2.05, 4.69) is 20.4 Å². The number of ether oxygens (including phenoxy) is 1. The zero-order valence-corrected chi connectivity index (χ0v) is 15.2. The summed E-state index contributed by atoms with van der Waals surface area (Å²) >= 11 is 0. The molecule has 0 aliphatic carbocycles. The van der Waals surface area contributed by atoms with Crippen LogP contribution < -0.4 is 15.4 Å². The van der Waals surface area contributed by atoms with Crippen molar-refractivity contribution in [3.63, 3.8) is 0 Å². The van der Waals surface area contributed by atoms with Gasteiger partial charge in [-0.3, -0.25) is 4.99 Å². The van der Waals surface area contributed by atoms with Crippen LogP contribution in [0, 0.1) is 0 Å². The predicted octanol–water partition coefficient (Wildman–Crippen LogP) is 3.67. The van der Waals surface area contributed by atoms with Gasteiger partial charge in [-0.05, 0) is 26.8 Å². The number of nitrogens with zero attached hydrogens (tertiary/aromatic N) is 1. The van der Waals surface area contributed by atoms with Crippen LogP contribution in [0.5, 0.6) is 5.75 Å². The summed E-state index contributed by atoms with van der Waals surface area (Å²) in [6, 6.07) is 6.00. The van der Waals surface area contributed by atoms with E-state index in [0.29, 0.717) is 11.5 Å². The minimum atomic E-state index is -4.71. The number of hydrogen-bond donors (Lipinski definition) is 2. The monoisotopic (exact) mass is 431 g/mol. The first-order valence-electron chi connectivity index (χ1n) is 6.43. The summed E-state index contributed by atoms with van der Waals surface area (Å²) in [6.45, 7) is 6.05. The molecule has 1 aromatic carbocycles. The van der Waals surface area contributed by atoms with Crippen molar-refractivity contribution in [1.82, 2.24) is 10.6 Å². The van der Waals surface area contributed by atoms with Crippen molar-refractivity contribution in [2.75, 3.05) is 7.05 Å². The van der Waals surface area contributed by atoms with Crippen molar-refractivity contribution in [3.05, 3.63) is 29.8 Å². The van der Waals surface area contributed by atoms with E-state index < -0.39 is 6.36 Å². The molecule has 22 heavy (non-hydrogen) atoms. The van der Waals surface area contributed by atoms with E-state index in [9.17, 15) is 13.2 Å². The van der Waals surface area contributed by atoms with Crippen molar-refractivity contribution in [2.45, 2.75) is 39.2 Å². The first kappa shape index (κ1) is 20.8. The Labute approximate surface area is 145 Å². The summed E-state index contributed by atoms with van der Waals surface area (Å²) in [6.07, 6.45) is -4.71. The molecule has 4 nitrogen and oxygen atoms in total. The number of hydrogen-bond acceptors (Lipinski definition) is 2. The summed E-state index contributed by atoms with van der Waals surface area (Å²) in [7, 11) is 1.60. The third-order valence-corrected chi connectivity index (χ3v) is 2.36. The lowest BCUT2D eigenvalue weighted by Crippen LogP contribution is -2.47. The average molecular weight is 431 g/mol. The number of halogens is 4. The largest absolute Gasteiger partial charge is 0.573 e. The molecule has 0 radical (unpaired) electrons. The fraction of sp³-hybridized carbons (Fsp3) is 0.500. The maximum Gasteiger partial charge on any atom is 0.573 e. The van der Waals surface area contributed by atoms with Crippen molar-refractivity contribution >= 4 is 29.9 Å². The highest BCUT2D eigenvalue weighted by Crippen LogP contribution is 2.26. The number of aliphatic imine (C=N–C) groups is 1. The number of nitrogens with one attached hydrogen (secondary N) is 2. The maximum absolute atomic E-state index is 12.3. The Kier molecular flexibility index (Phi) is 7.99. The summed E-state index contributed by atoms with van der Waals surface area (Å²) in [5, 5.41) is 6.08. The normalized spacial score (nSPS) is 12.4. The van der Waals surface area contributed by atoms with E-state index >= 15 is 0 Å². The molecule has 0 spiro atoms. The standard InChI is InChI=1S/C14H20F3N3O.HI/c1-13(2,3)20-12(18-4)19-9-10-7-5-6-8-11(10)21-14(15,16)17;/h5-8H,9H2,1-4H3,(H2,18,19,20);1H. The van der Waals surface area contributed by atoms with Gasteiger partial charge in [-0.2, -0.15) is 0 Å². The summed E-state index contributed by atoms with van der Waals surface area (Å²) in [5.41, 5.74) is 0.191. The van der Waals surface area contributed by atoms with Gasteiger partial charge in [-0.1, -0.05) is 18.2 Å². The van der Waals surface area contributed by atoms with Crippen LogP contribution in [0.3, 0.4) is 0 Å². The average Bonchev–Trinajstić information content (AvgIpc) is 2.32. The van der Waals surface area contributed by atoms with E-state index in [1.807, 2.05) is 20.8 Å². The fourth-order valence-electron chi connectivity index (χ4n) is 1.59. The zero-order chi connectivity index (χ0) is 16.1. The minimum absolute atomic E-state index is 0. The minimum Gasteiger partial charge on any atom is -0.405 e. The molecule has 0 fully saturated rings. The predicted molar refractivity (Wildman–Crippen MR) is 91.6 cm³/mol. The second-order valence-electron chi connectivity index (χ2n) is 5.46. The van der Waals surface area contributed by atoms with Gasteiger partial charge in [-0.15, -0.1) is 37.1 Å². The highest BCUT2D eigenvalue weighted by Gasteiger charge is 2.31. The summed E-state index contributed by atoms with van der Waals surface area (Å²) < 4.78 is 41.0. The number of para-hydroxylation sites is 1. The Balaban J connectivity index is 0.00000441. The van der Waals surface area contributed by atoms with Gasteiger partial charge >= 0.3 is 6.36 Å². The molecule has 0 aliphatic rings. The SMILES string of the molecule is CN=C(NCc1ccccc1OC(F)(F)F)NC(C)(C)C.I. The van der Waals surface area contributed by atoms with Gasteiger partial charge in [0.1, 0.15) is 5.75 Å². The van der Waals surface area contributed by atoms with E-state index in [1.54, 1.807) is 19.2 Å². The van der Waals surface area contributed by atoms with Crippen LogP contribution in [0.1, 0.15) is 26.3 Å². The number of guanidine groups is 1. The Morgan fingerprint density at radius 3 is 2.27 bits per heavy atom. The second-order valence-corrected chi connectivity index (χ2v) is 5.46. The molecule has 0 saturated carbocycles. The van der Waals surface area contributed by atoms with Gasteiger partial charge in [-0.25, -0.2) is 0 Å². The van der Waals surface area contributed by atoms with Crippen LogP contribution in [0.15, 0.2) is 29.3 Å². The molecular formula is C14H21F3IN3O. The molecule has 0 unspecified atom stereocenters. The Morgan fingerprint density at radius 2 is 1.77 bits per heavy atom. The van der Waals surface area contributed by atoms with Gasteiger partial charge in [0.15, 0.2) is 5.96 Å².